The average molecular weight is 274 g/mol. The van der Waals surface area contributed by atoms with E-state index in [2.05, 4.69) is 5.32 Å². The smallest absolute Gasteiger partial charge is 0.144 e. The SMILES string of the molecule is CCCOc1cccc(Nc2ccc(F)cc2C)c1N. The van der Waals surface area contributed by atoms with Gasteiger partial charge in [-0.3, -0.25) is 0 Å². The first-order valence-electron chi connectivity index (χ1n) is 6.66. The molecule has 3 nitrogen and oxygen atoms in total. The molecule has 2 rings (SSSR count). The molecule has 4 heteroatoms. The Hall–Kier alpha value is -2.23. The summed E-state index contributed by atoms with van der Waals surface area (Å²) < 4.78 is 18.7. The predicted molar refractivity (Wildman–Crippen MR) is 81.1 cm³/mol. The fourth-order valence-corrected chi connectivity index (χ4v) is 1.90. The van der Waals surface area contributed by atoms with Gasteiger partial charge in [0.15, 0.2) is 0 Å². The number of rotatable bonds is 5. The molecule has 20 heavy (non-hydrogen) atoms. The number of nitrogens with two attached hydrogens (primary N) is 1. The minimum absolute atomic E-state index is 0.249. The van der Waals surface area contributed by atoms with Crippen molar-refractivity contribution in [2.45, 2.75) is 20.3 Å². The zero-order chi connectivity index (χ0) is 14.5. The fourth-order valence-electron chi connectivity index (χ4n) is 1.90. The maximum atomic E-state index is 13.1. The van der Waals surface area contributed by atoms with Crippen molar-refractivity contribution in [3.63, 3.8) is 0 Å². The van der Waals surface area contributed by atoms with E-state index in [1.54, 1.807) is 6.07 Å². The van der Waals surface area contributed by atoms with Gasteiger partial charge in [0.25, 0.3) is 0 Å². The molecule has 3 N–H and O–H groups in total. The summed E-state index contributed by atoms with van der Waals surface area (Å²) >= 11 is 0. The number of benzene rings is 2. The number of nitrogens with one attached hydrogen (secondary N) is 1. The molecule has 2 aromatic rings. The predicted octanol–water partition coefficient (Wildman–Crippen LogP) is 4.25. The Bertz CT molecular complexity index is 599. The number of hydrogen-bond acceptors (Lipinski definition) is 3. The Balaban J connectivity index is 2.24. The van der Waals surface area contributed by atoms with Gasteiger partial charge in [0.1, 0.15) is 11.6 Å². The zero-order valence-corrected chi connectivity index (χ0v) is 11.7. The first-order valence-corrected chi connectivity index (χ1v) is 6.66. The quantitative estimate of drug-likeness (QED) is 0.801. The number of nitrogen functional groups attached to an aromatic ring is 1. The molecule has 0 aliphatic carbocycles. The summed E-state index contributed by atoms with van der Waals surface area (Å²) in [5.41, 5.74) is 9.06. The monoisotopic (exact) mass is 274 g/mol. The highest BCUT2D eigenvalue weighted by atomic mass is 19.1. The molecule has 106 valence electrons. The summed E-state index contributed by atoms with van der Waals surface area (Å²) in [7, 11) is 0. The van der Waals surface area contributed by atoms with E-state index in [0.29, 0.717) is 18.0 Å². The lowest BCUT2D eigenvalue weighted by Crippen LogP contribution is -2.02. The Morgan fingerprint density at radius 1 is 1.20 bits per heavy atom. The molecule has 0 radical (unpaired) electrons. The van der Waals surface area contributed by atoms with Crippen LogP contribution in [0.2, 0.25) is 0 Å². The van der Waals surface area contributed by atoms with Gasteiger partial charge in [-0.05, 0) is 49.2 Å². The van der Waals surface area contributed by atoms with Gasteiger partial charge in [-0.1, -0.05) is 13.0 Å². The van der Waals surface area contributed by atoms with E-state index >= 15 is 0 Å². The molecular formula is C16H19FN2O. The van der Waals surface area contributed by atoms with Crippen LogP contribution in [0.4, 0.5) is 21.5 Å². The van der Waals surface area contributed by atoms with E-state index in [1.807, 2.05) is 32.0 Å². The molecule has 0 amide bonds. The first kappa shape index (κ1) is 14.2. The minimum Gasteiger partial charge on any atom is -0.491 e. The third-order valence-corrected chi connectivity index (χ3v) is 2.99. The molecule has 0 unspecified atom stereocenters. The molecule has 0 fully saturated rings. The third kappa shape index (κ3) is 3.20. The lowest BCUT2D eigenvalue weighted by Gasteiger charge is -2.15. The molecule has 0 aromatic heterocycles. The second kappa shape index (κ2) is 6.28. The maximum Gasteiger partial charge on any atom is 0.144 e. The van der Waals surface area contributed by atoms with E-state index in [4.69, 9.17) is 10.5 Å². The van der Waals surface area contributed by atoms with Gasteiger partial charge in [-0.2, -0.15) is 0 Å². The van der Waals surface area contributed by atoms with E-state index in [1.165, 1.54) is 12.1 Å². The fraction of sp³-hybridized carbons (Fsp3) is 0.250. The number of hydrogen-bond donors (Lipinski definition) is 2. The van der Waals surface area contributed by atoms with Crippen molar-refractivity contribution >= 4 is 17.1 Å². The van der Waals surface area contributed by atoms with E-state index in [9.17, 15) is 4.39 Å². The summed E-state index contributed by atoms with van der Waals surface area (Å²) in [5.74, 6) is 0.415. The molecular weight excluding hydrogens is 255 g/mol. The molecule has 0 saturated heterocycles. The number of aryl methyl sites for hydroxylation is 1. The van der Waals surface area contributed by atoms with Crippen molar-refractivity contribution in [3.8, 4) is 5.75 Å². The van der Waals surface area contributed by atoms with Crippen molar-refractivity contribution < 1.29 is 9.13 Å². The van der Waals surface area contributed by atoms with Crippen LogP contribution in [-0.2, 0) is 0 Å². The van der Waals surface area contributed by atoms with Gasteiger partial charge in [-0.25, -0.2) is 4.39 Å². The summed E-state index contributed by atoms with van der Waals surface area (Å²) in [6, 6.07) is 10.2. The van der Waals surface area contributed by atoms with Crippen LogP contribution in [0.5, 0.6) is 5.75 Å². The van der Waals surface area contributed by atoms with Crippen LogP contribution < -0.4 is 15.8 Å². The van der Waals surface area contributed by atoms with Crippen LogP contribution >= 0.6 is 0 Å². The Kier molecular flexibility index (Phi) is 4.45. The number of halogens is 1. The summed E-state index contributed by atoms with van der Waals surface area (Å²) in [6.45, 7) is 4.52. The van der Waals surface area contributed by atoms with Gasteiger partial charge in [0.2, 0.25) is 0 Å². The van der Waals surface area contributed by atoms with Crippen LogP contribution in [0.15, 0.2) is 36.4 Å². The lowest BCUT2D eigenvalue weighted by molar-refractivity contribution is 0.319. The molecule has 2 aromatic carbocycles. The average Bonchev–Trinajstić information content (AvgIpc) is 2.42. The van der Waals surface area contributed by atoms with Crippen LogP contribution in [0.3, 0.4) is 0 Å². The largest absolute Gasteiger partial charge is 0.491 e. The Morgan fingerprint density at radius 2 is 2.00 bits per heavy atom. The van der Waals surface area contributed by atoms with Gasteiger partial charge < -0.3 is 15.8 Å². The summed E-state index contributed by atoms with van der Waals surface area (Å²) in [4.78, 5) is 0. The minimum atomic E-state index is -0.249. The van der Waals surface area contributed by atoms with E-state index < -0.39 is 0 Å². The normalized spacial score (nSPS) is 10.3. The highest BCUT2D eigenvalue weighted by molar-refractivity contribution is 5.78. The third-order valence-electron chi connectivity index (χ3n) is 2.99. The van der Waals surface area contributed by atoms with Gasteiger partial charge in [0.05, 0.1) is 18.0 Å². The summed E-state index contributed by atoms with van der Waals surface area (Å²) in [5, 5.41) is 3.21. The van der Waals surface area contributed by atoms with Gasteiger partial charge in [0, 0.05) is 5.69 Å². The first-order chi connectivity index (χ1) is 9.61. The molecule has 0 bridgehead atoms. The molecule has 0 spiro atoms. The molecule has 0 aliphatic rings. The van der Waals surface area contributed by atoms with Crippen molar-refractivity contribution in [1.82, 2.24) is 0 Å². The molecule has 0 heterocycles. The molecule has 0 aliphatic heterocycles. The summed E-state index contributed by atoms with van der Waals surface area (Å²) in [6.07, 6.45) is 0.925. The topological polar surface area (TPSA) is 47.3 Å². The number of ether oxygens (including phenoxy) is 1. The standard InChI is InChI=1S/C16H19FN2O/c1-3-9-20-15-6-4-5-14(16(15)18)19-13-8-7-12(17)10-11(13)2/h4-8,10,19H,3,9,18H2,1-2H3. The zero-order valence-electron chi connectivity index (χ0n) is 11.7. The van der Waals surface area contributed by atoms with Crippen molar-refractivity contribution in [3.05, 3.63) is 47.8 Å². The second-order valence-electron chi connectivity index (χ2n) is 4.65. The van der Waals surface area contributed by atoms with Crippen molar-refractivity contribution in [2.24, 2.45) is 0 Å². The van der Waals surface area contributed by atoms with Crippen LogP contribution in [-0.4, -0.2) is 6.61 Å². The number of para-hydroxylation sites is 1. The highest BCUT2D eigenvalue weighted by Gasteiger charge is 2.07. The maximum absolute atomic E-state index is 13.1. The van der Waals surface area contributed by atoms with Crippen LogP contribution in [0.1, 0.15) is 18.9 Å². The number of anilines is 3. The second-order valence-corrected chi connectivity index (χ2v) is 4.65. The van der Waals surface area contributed by atoms with Crippen molar-refractivity contribution in [1.29, 1.82) is 0 Å². The van der Waals surface area contributed by atoms with Gasteiger partial charge >= 0.3 is 0 Å². The Labute approximate surface area is 118 Å². The van der Waals surface area contributed by atoms with Crippen LogP contribution in [0.25, 0.3) is 0 Å². The lowest BCUT2D eigenvalue weighted by atomic mass is 10.1. The Morgan fingerprint density at radius 3 is 2.70 bits per heavy atom. The van der Waals surface area contributed by atoms with E-state index in [-0.39, 0.29) is 5.82 Å². The van der Waals surface area contributed by atoms with Crippen molar-refractivity contribution in [2.75, 3.05) is 17.7 Å². The van der Waals surface area contributed by atoms with Gasteiger partial charge in [-0.15, -0.1) is 0 Å². The van der Waals surface area contributed by atoms with Crippen LogP contribution in [0, 0.1) is 12.7 Å². The molecule has 0 saturated carbocycles. The highest BCUT2D eigenvalue weighted by Crippen LogP contribution is 2.32. The molecule has 0 atom stereocenters. The van der Waals surface area contributed by atoms with E-state index in [0.717, 1.165) is 23.4 Å².